The summed E-state index contributed by atoms with van der Waals surface area (Å²) in [7, 11) is 0. The number of carbonyl (C=O) groups is 1. The fraction of sp³-hybridized carbons (Fsp3) is 0.105. The van der Waals surface area contributed by atoms with E-state index >= 15 is 0 Å². The summed E-state index contributed by atoms with van der Waals surface area (Å²) in [6, 6.07) is 15.8. The molecule has 4 aromatic rings. The van der Waals surface area contributed by atoms with Crippen LogP contribution in [0.5, 0.6) is 0 Å². The number of para-hydroxylation sites is 1. The Labute approximate surface area is 147 Å². The lowest BCUT2D eigenvalue weighted by atomic mass is 9.94. The number of nitrogens with zero attached hydrogens (tertiary/aromatic N) is 3. The zero-order chi connectivity index (χ0) is 17.0. The maximum atomic E-state index is 11.5. The molecule has 0 amide bonds. The molecule has 0 saturated heterocycles. The smallest absolute Gasteiger partial charge is 0.357 e. The van der Waals surface area contributed by atoms with Gasteiger partial charge in [-0.15, -0.1) is 0 Å². The molecule has 0 spiro atoms. The molecule has 1 N–H and O–H groups in total. The van der Waals surface area contributed by atoms with Crippen molar-refractivity contribution in [3.8, 4) is 15.6 Å². The molecule has 2 heterocycles. The van der Waals surface area contributed by atoms with E-state index in [9.17, 15) is 9.90 Å². The van der Waals surface area contributed by atoms with E-state index in [1.165, 1.54) is 11.1 Å². The molecule has 6 heteroatoms. The number of aromatic carboxylic acids is 1. The van der Waals surface area contributed by atoms with E-state index < -0.39 is 5.97 Å². The van der Waals surface area contributed by atoms with E-state index in [2.05, 4.69) is 23.3 Å². The van der Waals surface area contributed by atoms with Crippen molar-refractivity contribution in [2.75, 3.05) is 0 Å². The molecule has 0 fully saturated rings. The van der Waals surface area contributed by atoms with Crippen molar-refractivity contribution in [3.63, 3.8) is 0 Å². The molecule has 1 aliphatic rings. The van der Waals surface area contributed by atoms with Crippen molar-refractivity contribution in [2.24, 2.45) is 0 Å². The number of benzene rings is 2. The molecule has 122 valence electrons. The highest BCUT2D eigenvalue weighted by atomic mass is 32.1. The lowest BCUT2D eigenvalue weighted by molar-refractivity contribution is 0.0692. The number of rotatable bonds is 2. The van der Waals surface area contributed by atoms with E-state index in [0.717, 1.165) is 28.9 Å². The number of carboxylic acids is 1. The van der Waals surface area contributed by atoms with E-state index in [1.807, 2.05) is 24.3 Å². The molecular weight excluding hydrogens is 334 g/mol. The van der Waals surface area contributed by atoms with Gasteiger partial charge in [0.15, 0.2) is 5.69 Å². The topological polar surface area (TPSA) is 68.0 Å². The van der Waals surface area contributed by atoms with Crippen LogP contribution in [0.2, 0.25) is 0 Å². The molecule has 1 aliphatic carbocycles. The van der Waals surface area contributed by atoms with Crippen molar-refractivity contribution in [3.05, 3.63) is 65.5 Å². The van der Waals surface area contributed by atoms with E-state index in [0.29, 0.717) is 10.5 Å². The minimum Gasteiger partial charge on any atom is -0.476 e. The third-order valence-electron chi connectivity index (χ3n) is 4.55. The van der Waals surface area contributed by atoms with E-state index in [1.54, 1.807) is 22.1 Å². The first-order valence-electron chi connectivity index (χ1n) is 8.02. The summed E-state index contributed by atoms with van der Waals surface area (Å²) < 4.78 is 1.66. The van der Waals surface area contributed by atoms with Gasteiger partial charge in [0, 0.05) is 5.39 Å². The number of hydrogen-bond acceptors (Lipinski definition) is 4. The van der Waals surface area contributed by atoms with Crippen molar-refractivity contribution in [2.45, 2.75) is 12.8 Å². The summed E-state index contributed by atoms with van der Waals surface area (Å²) >= 11 is 1.57. The van der Waals surface area contributed by atoms with Crippen LogP contribution in [-0.4, -0.2) is 25.8 Å². The summed E-state index contributed by atoms with van der Waals surface area (Å²) in [6.45, 7) is 0. The summed E-state index contributed by atoms with van der Waals surface area (Å²) in [5, 5.41) is 15.1. The molecule has 0 aliphatic heterocycles. The van der Waals surface area contributed by atoms with Gasteiger partial charge < -0.3 is 5.11 Å². The average molecular weight is 347 g/mol. The van der Waals surface area contributed by atoms with Gasteiger partial charge in [-0.25, -0.2) is 14.5 Å². The van der Waals surface area contributed by atoms with E-state index in [4.69, 9.17) is 4.98 Å². The van der Waals surface area contributed by atoms with Crippen molar-refractivity contribution in [1.82, 2.24) is 14.8 Å². The molecule has 2 aromatic heterocycles. The second-order valence-corrected chi connectivity index (χ2v) is 6.99. The van der Waals surface area contributed by atoms with Gasteiger partial charge in [0.25, 0.3) is 0 Å². The fourth-order valence-electron chi connectivity index (χ4n) is 3.39. The summed E-state index contributed by atoms with van der Waals surface area (Å²) in [5.41, 5.74) is 4.45. The Morgan fingerprint density at radius 2 is 1.88 bits per heavy atom. The standard InChI is InChI=1S/C19H13N3O2S/c23-18(24)16-13-7-3-4-8-15(13)22(21-16)19-20-14-10-9-11-5-1-2-6-12(11)17(14)25-19/h1-8H,9-10H2,(H,23,24). The van der Waals surface area contributed by atoms with Crippen LogP contribution in [0.3, 0.4) is 0 Å². The molecule has 0 unspecified atom stereocenters. The van der Waals surface area contributed by atoms with Crippen LogP contribution in [-0.2, 0) is 12.8 Å². The summed E-state index contributed by atoms with van der Waals surface area (Å²) in [4.78, 5) is 17.5. The zero-order valence-corrected chi connectivity index (χ0v) is 14.0. The first-order chi connectivity index (χ1) is 12.2. The third kappa shape index (κ3) is 2.11. The zero-order valence-electron chi connectivity index (χ0n) is 13.1. The van der Waals surface area contributed by atoms with Crippen LogP contribution < -0.4 is 0 Å². The van der Waals surface area contributed by atoms with Gasteiger partial charge in [-0.2, -0.15) is 5.10 Å². The highest BCUT2D eigenvalue weighted by molar-refractivity contribution is 7.17. The Bertz CT molecular complexity index is 1140. The van der Waals surface area contributed by atoms with Gasteiger partial charge in [0.05, 0.1) is 16.1 Å². The molecule has 5 rings (SSSR count). The highest BCUT2D eigenvalue weighted by Gasteiger charge is 2.23. The van der Waals surface area contributed by atoms with Gasteiger partial charge in [-0.1, -0.05) is 53.8 Å². The van der Waals surface area contributed by atoms with Crippen molar-refractivity contribution < 1.29 is 9.90 Å². The predicted octanol–water partition coefficient (Wildman–Crippen LogP) is 3.95. The summed E-state index contributed by atoms with van der Waals surface area (Å²) in [5.74, 6) is -1.03. The van der Waals surface area contributed by atoms with Gasteiger partial charge in [-0.05, 0) is 30.0 Å². The average Bonchev–Trinajstić information content (AvgIpc) is 3.23. The monoisotopic (exact) mass is 347 g/mol. The minimum absolute atomic E-state index is 0.0594. The van der Waals surface area contributed by atoms with Gasteiger partial charge in [-0.3, -0.25) is 0 Å². The quantitative estimate of drug-likeness (QED) is 0.596. The lowest BCUT2D eigenvalue weighted by Gasteiger charge is -2.13. The Hall–Kier alpha value is -2.99. The van der Waals surface area contributed by atoms with Gasteiger partial charge in [0.2, 0.25) is 5.13 Å². The van der Waals surface area contributed by atoms with Crippen molar-refractivity contribution >= 4 is 28.2 Å². The van der Waals surface area contributed by atoms with Crippen molar-refractivity contribution in [1.29, 1.82) is 0 Å². The maximum Gasteiger partial charge on any atom is 0.357 e. The second-order valence-electron chi connectivity index (χ2n) is 6.01. The molecule has 25 heavy (non-hydrogen) atoms. The summed E-state index contributed by atoms with van der Waals surface area (Å²) in [6.07, 6.45) is 1.88. The van der Waals surface area contributed by atoms with Gasteiger partial charge in [0.1, 0.15) is 0 Å². The number of thiazole rings is 1. The maximum absolute atomic E-state index is 11.5. The first kappa shape index (κ1) is 14.4. The van der Waals surface area contributed by atoms with Crippen LogP contribution in [0.25, 0.3) is 26.5 Å². The Balaban J connectivity index is 1.73. The number of fused-ring (bicyclic) bond motifs is 4. The molecule has 5 nitrogen and oxygen atoms in total. The van der Waals surface area contributed by atoms with Crippen LogP contribution in [0, 0.1) is 0 Å². The molecule has 0 atom stereocenters. The van der Waals surface area contributed by atoms with Crippen LogP contribution in [0.4, 0.5) is 0 Å². The predicted molar refractivity (Wildman–Crippen MR) is 96.5 cm³/mol. The van der Waals surface area contributed by atoms with Crippen LogP contribution in [0.15, 0.2) is 48.5 Å². The van der Waals surface area contributed by atoms with E-state index in [-0.39, 0.29) is 5.69 Å². The Morgan fingerprint density at radius 3 is 2.76 bits per heavy atom. The van der Waals surface area contributed by atoms with Crippen LogP contribution >= 0.6 is 11.3 Å². The molecule has 0 bridgehead atoms. The fourth-order valence-corrected chi connectivity index (χ4v) is 4.53. The lowest BCUT2D eigenvalue weighted by Crippen LogP contribution is -2.03. The van der Waals surface area contributed by atoms with Crippen LogP contribution in [0.1, 0.15) is 21.7 Å². The molecule has 2 aromatic carbocycles. The number of carboxylic acid groups (broad SMARTS) is 1. The number of aryl methyl sites for hydroxylation is 2. The normalized spacial score (nSPS) is 12.8. The Morgan fingerprint density at radius 1 is 1.08 bits per heavy atom. The minimum atomic E-state index is -1.03. The first-order valence-corrected chi connectivity index (χ1v) is 8.83. The number of hydrogen-bond donors (Lipinski definition) is 1. The molecule has 0 radical (unpaired) electrons. The van der Waals surface area contributed by atoms with Gasteiger partial charge >= 0.3 is 5.97 Å². The Kier molecular flexibility index (Phi) is 3.02. The largest absolute Gasteiger partial charge is 0.476 e. The third-order valence-corrected chi connectivity index (χ3v) is 5.66. The highest BCUT2D eigenvalue weighted by Crippen LogP contribution is 2.39. The number of aromatic nitrogens is 3. The second kappa shape index (κ2) is 5.26. The SMILES string of the molecule is O=C(O)c1nn(-c2nc3c(s2)-c2ccccc2CC3)c2ccccc12. The molecule has 0 saturated carbocycles. The molecular formula is C19H13N3O2S.